The summed E-state index contributed by atoms with van der Waals surface area (Å²) in [7, 11) is 0. The van der Waals surface area contributed by atoms with Crippen molar-refractivity contribution in [2.75, 3.05) is 13.2 Å². The summed E-state index contributed by atoms with van der Waals surface area (Å²) in [6, 6.07) is 12.8. The standard InChI is InChI=1S/C17H16F3NO3/c18-17(19,20)13-7-4-8-15(9-13)24-11-14(22)10-21-16(23)12-5-2-1-3-6-12/h1-9,14,22H,10-11H2,(H,21,23). The molecule has 0 bridgehead atoms. The highest BCUT2D eigenvalue weighted by molar-refractivity contribution is 5.94. The molecule has 0 spiro atoms. The minimum atomic E-state index is -4.46. The first-order valence-electron chi connectivity index (χ1n) is 7.17. The zero-order valence-corrected chi connectivity index (χ0v) is 12.6. The number of carbonyl (C=O) groups is 1. The predicted molar refractivity (Wildman–Crippen MR) is 81.7 cm³/mol. The number of aliphatic hydroxyl groups excluding tert-OH is 1. The van der Waals surface area contributed by atoms with Gasteiger partial charge in [-0.15, -0.1) is 0 Å². The molecule has 1 unspecified atom stereocenters. The summed E-state index contributed by atoms with van der Waals surface area (Å²) in [6.45, 7) is -0.316. The highest BCUT2D eigenvalue weighted by Crippen LogP contribution is 2.31. The normalized spacial score (nSPS) is 12.5. The van der Waals surface area contributed by atoms with Gasteiger partial charge in [0.05, 0.1) is 5.56 Å². The third kappa shape index (κ3) is 5.27. The van der Waals surface area contributed by atoms with Gasteiger partial charge >= 0.3 is 6.18 Å². The number of amides is 1. The summed E-state index contributed by atoms with van der Waals surface area (Å²) in [6.07, 6.45) is -5.51. The van der Waals surface area contributed by atoms with Crippen LogP contribution in [0.3, 0.4) is 0 Å². The van der Waals surface area contributed by atoms with Crippen molar-refractivity contribution in [3.8, 4) is 5.75 Å². The predicted octanol–water partition coefficient (Wildman–Crippen LogP) is 2.88. The van der Waals surface area contributed by atoms with Crippen LogP contribution in [0.1, 0.15) is 15.9 Å². The summed E-state index contributed by atoms with van der Waals surface area (Å²) in [4.78, 5) is 11.8. The number of aliphatic hydroxyl groups is 1. The van der Waals surface area contributed by atoms with Crippen LogP contribution in [0, 0.1) is 0 Å². The molecule has 0 saturated carbocycles. The number of halogens is 3. The molecule has 2 aromatic rings. The van der Waals surface area contributed by atoms with Crippen LogP contribution in [-0.4, -0.2) is 30.3 Å². The molecule has 0 heterocycles. The average molecular weight is 339 g/mol. The summed E-state index contributed by atoms with van der Waals surface area (Å²) in [5.74, 6) is -0.355. The lowest BCUT2D eigenvalue weighted by Crippen LogP contribution is -2.35. The Bertz CT molecular complexity index is 674. The molecule has 2 N–H and O–H groups in total. The number of hydrogen-bond acceptors (Lipinski definition) is 3. The quantitative estimate of drug-likeness (QED) is 0.851. The molecule has 7 heteroatoms. The maximum absolute atomic E-state index is 12.6. The zero-order chi connectivity index (χ0) is 17.6. The molecule has 0 aliphatic rings. The molecule has 1 atom stereocenters. The van der Waals surface area contributed by atoms with Crippen molar-refractivity contribution in [1.29, 1.82) is 0 Å². The monoisotopic (exact) mass is 339 g/mol. The molecule has 0 saturated heterocycles. The number of hydrogen-bond donors (Lipinski definition) is 2. The van der Waals surface area contributed by atoms with Crippen molar-refractivity contribution in [3.05, 3.63) is 65.7 Å². The van der Waals surface area contributed by atoms with Gasteiger partial charge in [-0.05, 0) is 30.3 Å². The van der Waals surface area contributed by atoms with E-state index in [1.54, 1.807) is 30.3 Å². The molecule has 0 aromatic heterocycles. The minimum absolute atomic E-state index is 0.00161. The largest absolute Gasteiger partial charge is 0.491 e. The summed E-state index contributed by atoms with van der Waals surface area (Å²) >= 11 is 0. The van der Waals surface area contributed by atoms with Crippen molar-refractivity contribution in [1.82, 2.24) is 5.32 Å². The number of ether oxygens (including phenoxy) is 1. The number of nitrogens with one attached hydrogen (secondary N) is 1. The topological polar surface area (TPSA) is 58.6 Å². The van der Waals surface area contributed by atoms with Gasteiger partial charge < -0.3 is 15.2 Å². The second-order valence-electron chi connectivity index (χ2n) is 5.07. The molecular formula is C17H16F3NO3. The van der Waals surface area contributed by atoms with Crippen LogP contribution in [-0.2, 0) is 6.18 Å². The molecule has 4 nitrogen and oxygen atoms in total. The van der Waals surface area contributed by atoms with Gasteiger partial charge in [0, 0.05) is 12.1 Å². The van der Waals surface area contributed by atoms with E-state index in [2.05, 4.69) is 5.32 Å². The summed E-state index contributed by atoms with van der Waals surface area (Å²) < 4.78 is 42.9. The third-order valence-corrected chi connectivity index (χ3v) is 3.14. The van der Waals surface area contributed by atoms with E-state index in [0.717, 1.165) is 12.1 Å². The number of alkyl halides is 3. The molecule has 2 rings (SSSR count). The molecule has 2 aromatic carbocycles. The van der Waals surface area contributed by atoms with Crippen molar-refractivity contribution in [2.24, 2.45) is 0 Å². The Balaban J connectivity index is 1.81. The lowest BCUT2D eigenvalue weighted by atomic mass is 10.2. The fourth-order valence-electron chi connectivity index (χ4n) is 1.92. The van der Waals surface area contributed by atoms with E-state index in [4.69, 9.17) is 4.74 Å². The average Bonchev–Trinajstić information content (AvgIpc) is 2.58. The molecule has 0 aliphatic heterocycles. The SMILES string of the molecule is O=C(NCC(O)COc1cccc(C(F)(F)F)c1)c1ccccc1. The number of benzene rings is 2. The number of carbonyl (C=O) groups excluding carboxylic acids is 1. The van der Waals surface area contributed by atoms with Crippen molar-refractivity contribution < 1.29 is 27.8 Å². The Morgan fingerprint density at radius 3 is 2.50 bits per heavy atom. The molecule has 128 valence electrons. The van der Waals surface area contributed by atoms with E-state index in [1.807, 2.05) is 0 Å². The minimum Gasteiger partial charge on any atom is -0.491 e. The van der Waals surface area contributed by atoms with Crippen LogP contribution in [0.5, 0.6) is 5.75 Å². The van der Waals surface area contributed by atoms with Gasteiger partial charge in [0.2, 0.25) is 0 Å². The van der Waals surface area contributed by atoms with E-state index in [-0.39, 0.29) is 24.8 Å². The zero-order valence-electron chi connectivity index (χ0n) is 12.6. The number of rotatable bonds is 6. The van der Waals surface area contributed by atoms with Gasteiger partial charge in [-0.2, -0.15) is 13.2 Å². The summed E-state index contributed by atoms with van der Waals surface area (Å²) in [5, 5.41) is 12.3. The maximum atomic E-state index is 12.6. The van der Waals surface area contributed by atoms with E-state index in [1.165, 1.54) is 12.1 Å². The van der Waals surface area contributed by atoms with Crippen LogP contribution in [0.2, 0.25) is 0 Å². The first-order valence-corrected chi connectivity index (χ1v) is 7.17. The highest BCUT2D eigenvalue weighted by Gasteiger charge is 2.30. The van der Waals surface area contributed by atoms with E-state index >= 15 is 0 Å². The molecule has 24 heavy (non-hydrogen) atoms. The van der Waals surface area contributed by atoms with Crippen LogP contribution in [0.15, 0.2) is 54.6 Å². The van der Waals surface area contributed by atoms with Gasteiger partial charge in [0.1, 0.15) is 18.5 Å². The first kappa shape index (κ1) is 17.8. The van der Waals surface area contributed by atoms with Gasteiger partial charge in [-0.1, -0.05) is 24.3 Å². The fraction of sp³-hybridized carbons (Fsp3) is 0.235. The Morgan fingerprint density at radius 2 is 1.83 bits per heavy atom. The van der Waals surface area contributed by atoms with Crippen LogP contribution in [0.4, 0.5) is 13.2 Å². The maximum Gasteiger partial charge on any atom is 0.416 e. The molecule has 0 fully saturated rings. The Morgan fingerprint density at radius 1 is 1.12 bits per heavy atom. The van der Waals surface area contributed by atoms with E-state index in [9.17, 15) is 23.1 Å². The van der Waals surface area contributed by atoms with E-state index < -0.39 is 17.8 Å². The molecule has 0 aliphatic carbocycles. The second-order valence-corrected chi connectivity index (χ2v) is 5.07. The van der Waals surface area contributed by atoms with Crippen LogP contribution in [0.25, 0.3) is 0 Å². The molecule has 1 amide bonds. The van der Waals surface area contributed by atoms with Crippen molar-refractivity contribution in [2.45, 2.75) is 12.3 Å². The van der Waals surface area contributed by atoms with Crippen LogP contribution >= 0.6 is 0 Å². The Kier molecular flexibility index (Phi) is 5.81. The van der Waals surface area contributed by atoms with Gasteiger partial charge in [-0.3, -0.25) is 4.79 Å². The fourth-order valence-corrected chi connectivity index (χ4v) is 1.92. The van der Waals surface area contributed by atoms with Gasteiger partial charge in [0.15, 0.2) is 0 Å². The van der Waals surface area contributed by atoms with Gasteiger partial charge in [0.25, 0.3) is 5.91 Å². The van der Waals surface area contributed by atoms with Gasteiger partial charge in [-0.25, -0.2) is 0 Å². The summed E-state index contributed by atoms with van der Waals surface area (Å²) in [5.41, 5.74) is -0.379. The molecule has 0 radical (unpaired) electrons. The smallest absolute Gasteiger partial charge is 0.416 e. The lowest BCUT2D eigenvalue weighted by Gasteiger charge is -2.14. The second kappa shape index (κ2) is 7.83. The third-order valence-electron chi connectivity index (χ3n) is 3.14. The Hall–Kier alpha value is -2.54. The molecular weight excluding hydrogens is 323 g/mol. The van der Waals surface area contributed by atoms with Crippen molar-refractivity contribution in [3.63, 3.8) is 0 Å². The first-order chi connectivity index (χ1) is 11.4. The lowest BCUT2D eigenvalue weighted by molar-refractivity contribution is -0.137. The van der Waals surface area contributed by atoms with E-state index in [0.29, 0.717) is 5.56 Å². The highest BCUT2D eigenvalue weighted by atomic mass is 19.4. The van der Waals surface area contributed by atoms with Crippen LogP contribution < -0.4 is 10.1 Å². The Labute approximate surface area is 136 Å². The van der Waals surface area contributed by atoms with Crippen molar-refractivity contribution >= 4 is 5.91 Å².